The number of aliphatic imine (C=N–C) groups is 1. The Balaban J connectivity index is 0.00000484. The fraction of sp³-hybridized carbons (Fsp3) is 0.529. The van der Waals surface area contributed by atoms with Crippen LogP contribution in [-0.4, -0.2) is 43.0 Å². The van der Waals surface area contributed by atoms with E-state index in [1.54, 1.807) is 0 Å². The zero-order chi connectivity index (χ0) is 16.2. The van der Waals surface area contributed by atoms with Crippen LogP contribution < -0.4 is 5.32 Å². The molecule has 0 aliphatic heterocycles. The normalized spacial score (nSPS) is 10.8. The zero-order valence-electron chi connectivity index (χ0n) is 14.1. The van der Waals surface area contributed by atoms with Crippen LogP contribution in [-0.2, 0) is 6.42 Å². The molecule has 0 saturated carbocycles. The van der Waals surface area contributed by atoms with Crippen LogP contribution in [0.3, 0.4) is 0 Å². The van der Waals surface area contributed by atoms with Crippen LogP contribution in [0, 0.1) is 0 Å². The standard InChI is InChI=1S/C17H27ClN4.HI/c1-4-5-6-7-8-13-22(3)17(19-2)20-12-11-15-9-10-16(18)21-14-15;/h4,9-10,14H,1,5-8,11-13H2,2-3H3,(H,19,20);1H. The summed E-state index contributed by atoms with van der Waals surface area (Å²) in [6.45, 7) is 5.59. The second-order valence-electron chi connectivity index (χ2n) is 5.27. The van der Waals surface area contributed by atoms with E-state index >= 15 is 0 Å². The van der Waals surface area contributed by atoms with Crippen molar-refractivity contribution in [1.82, 2.24) is 15.2 Å². The Morgan fingerprint density at radius 3 is 2.78 bits per heavy atom. The van der Waals surface area contributed by atoms with Crippen LogP contribution in [0.2, 0.25) is 5.15 Å². The first-order valence-corrected chi connectivity index (χ1v) is 8.18. The largest absolute Gasteiger partial charge is 0.356 e. The van der Waals surface area contributed by atoms with Crippen molar-refractivity contribution in [2.75, 3.05) is 27.2 Å². The van der Waals surface area contributed by atoms with Gasteiger partial charge < -0.3 is 10.2 Å². The van der Waals surface area contributed by atoms with Gasteiger partial charge in [0.2, 0.25) is 0 Å². The third kappa shape index (κ3) is 9.81. The van der Waals surface area contributed by atoms with Crippen molar-refractivity contribution in [2.45, 2.75) is 32.1 Å². The van der Waals surface area contributed by atoms with Crippen molar-refractivity contribution in [3.05, 3.63) is 41.7 Å². The van der Waals surface area contributed by atoms with E-state index in [1.807, 2.05) is 31.5 Å². The van der Waals surface area contributed by atoms with Gasteiger partial charge in [0, 0.05) is 33.4 Å². The second kappa shape index (κ2) is 13.6. The Hall–Kier alpha value is -0.820. The molecule has 0 atom stereocenters. The number of rotatable bonds is 9. The zero-order valence-corrected chi connectivity index (χ0v) is 17.2. The van der Waals surface area contributed by atoms with Crippen molar-refractivity contribution >= 4 is 41.5 Å². The average Bonchev–Trinajstić information content (AvgIpc) is 2.53. The van der Waals surface area contributed by atoms with Crippen molar-refractivity contribution < 1.29 is 0 Å². The number of unbranched alkanes of at least 4 members (excludes halogenated alkanes) is 3. The number of aromatic nitrogens is 1. The highest BCUT2D eigenvalue weighted by molar-refractivity contribution is 14.0. The van der Waals surface area contributed by atoms with E-state index in [-0.39, 0.29) is 24.0 Å². The Kier molecular flexibility index (Phi) is 13.1. The van der Waals surface area contributed by atoms with Crippen molar-refractivity contribution in [3.8, 4) is 0 Å². The van der Waals surface area contributed by atoms with E-state index in [2.05, 4.69) is 33.8 Å². The van der Waals surface area contributed by atoms with E-state index in [1.165, 1.54) is 24.8 Å². The lowest BCUT2D eigenvalue weighted by atomic mass is 10.2. The van der Waals surface area contributed by atoms with E-state index in [4.69, 9.17) is 11.6 Å². The topological polar surface area (TPSA) is 40.5 Å². The maximum atomic E-state index is 5.78. The molecule has 130 valence electrons. The highest BCUT2D eigenvalue weighted by Crippen LogP contribution is 2.05. The minimum atomic E-state index is 0. The molecule has 0 radical (unpaired) electrons. The van der Waals surface area contributed by atoms with E-state index < -0.39 is 0 Å². The fourth-order valence-corrected chi connectivity index (χ4v) is 2.29. The van der Waals surface area contributed by atoms with Crippen LogP contribution >= 0.6 is 35.6 Å². The highest BCUT2D eigenvalue weighted by atomic mass is 127. The van der Waals surface area contributed by atoms with Gasteiger partial charge in [0.1, 0.15) is 5.15 Å². The summed E-state index contributed by atoms with van der Waals surface area (Å²) < 4.78 is 0. The van der Waals surface area contributed by atoms with E-state index in [0.29, 0.717) is 5.15 Å². The highest BCUT2D eigenvalue weighted by Gasteiger charge is 2.05. The lowest BCUT2D eigenvalue weighted by Gasteiger charge is -2.22. The van der Waals surface area contributed by atoms with Gasteiger partial charge in [-0.1, -0.05) is 30.2 Å². The number of pyridine rings is 1. The molecule has 1 aromatic rings. The monoisotopic (exact) mass is 450 g/mol. The molecule has 6 heteroatoms. The molecule has 0 saturated heterocycles. The molecule has 4 nitrogen and oxygen atoms in total. The molecule has 0 unspecified atom stereocenters. The number of nitrogens with zero attached hydrogens (tertiary/aromatic N) is 3. The first kappa shape index (κ1) is 22.2. The van der Waals surface area contributed by atoms with Crippen LogP contribution in [0.5, 0.6) is 0 Å². The van der Waals surface area contributed by atoms with Gasteiger partial charge in [-0.2, -0.15) is 0 Å². The smallest absolute Gasteiger partial charge is 0.193 e. The van der Waals surface area contributed by atoms with Crippen molar-refractivity contribution in [1.29, 1.82) is 0 Å². The van der Waals surface area contributed by atoms with Crippen molar-refractivity contribution in [2.24, 2.45) is 4.99 Å². The summed E-state index contributed by atoms with van der Waals surface area (Å²) in [4.78, 5) is 10.6. The molecule has 0 spiro atoms. The quantitative estimate of drug-likeness (QED) is 0.153. The Morgan fingerprint density at radius 1 is 1.39 bits per heavy atom. The van der Waals surface area contributed by atoms with E-state index in [9.17, 15) is 0 Å². The van der Waals surface area contributed by atoms with Crippen LogP contribution in [0.15, 0.2) is 36.0 Å². The molecule has 1 aromatic heterocycles. The fourth-order valence-electron chi connectivity index (χ4n) is 2.18. The second-order valence-corrected chi connectivity index (χ2v) is 5.66. The Bertz CT molecular complexity index is 462. The SMILES string of the molecule is C=CCCCCCN(C)C(=NC)NCCc1ccc(Cl)nc1.I. The molecular formula is C17H28ClIN4. The van der Waals surface area contributed by atoms with Crippen molar-refractivity contribution in [3.63, 3.8) is 0 Å². The molecule has 23 heavy (non-hydrogen) atoms. The van der Waals surface area contributed by atoms with Crippen LogP contribution in [0.25, 0.3) is 0 Å². The predicted molar refractivity (Wildman–Crippen MR) is 111 cm³/mol. The van der Waals surface area contributed by atoms with Gasteiger partial charge in [-0.25, -0.2) is 4.98 Å². The molecule has 0 amide bonds. The third-order valence-corrected chi connectivity index (χ3v) is 3.68. The van der Waals surface area contributed by atoms with Gasteiger partial charge in [0.15, 0.2) is 5.96 Å². The number of allylic oxidation sites excluding steroid dienone is 1. The van der Waals surface area contributed by atoms with Gasteiger partial charge in [-0.3, -0.25) is 4.99 Å². The summed E-state index contributed by atoms with van der Waals surface area (Å²) in [5.41, 5.74) is 1.17. The van der Waals surface area contributed by atoms with Gasteiger partial charge in [-0.05, 0) is 37.3 Å². The molecule has 0 aliphatic carbocycles. The molecule has 0 bridgehead atoms. The number of guanidine groups is 1. The number of halogens is 2. The molecular weight excluding hydrogens is 423 g/mol. The van der Waals surface area contributed by atoms with E-state index in [0.717, 1.165) is 31.9 Å². The maximum absolute atomic E-state index is 5.78. The molecule has 0 fully saturated rings. The van der Waals surface area contributed by atoms with Crippen LogP contribution in [0.1, 0.15) is 31.2 Å². The Morgan fingerprint density at radius 2 is 2.17 bits per heavy atom. The van der Waals surface area contributed by atoms with Gasteiger partial charge in [0.25, 0.3) is 0 Å². The Labute approximate surface area is 162 Å². The predicted octanol–water partition coefficient (Wildman–Crippen LogP) is 4.15. The molecule has 1 heterocycles. The summed E-state index contributed by atoms with van der Waals surface area (Å²) in [6.07, 6.45) is 9.41. The summed E-state index contributed by atoms with van der Waals surface area (Å²) in [7, 11) is 3.90. The summed E-state index contributed by atoms with van der Waals surface area (Å²) in [5, 5.41) is 3.91. The number of nitrogens with one attached hydrogen (secondary N) is 1. The summed E-state index contributed by atoms with van der Waals surface area (Å²) >= 11 is 5.78. The number of hydrogen-bond acceptors (Lipinski definition) is 2. The first-order valence-electron chi connectivity index (χ1n) is 7.80. The minimum Gasteiger partial charge on any atom is -0.356 e. The summed E-state index contributed by atoms with van der Waals surface area (Å²) in [5.74, 6) is 0.936. The van der Waals surface area contributed by atoms with Gasteiger partial charge in [-0.15, -0.1) is 30.6 Å². The minimum absolute atomic E-state index is 0. The average molecular weight is 451 g/mol. The molecule has 0 aromatic carbocycles. The molecule has 1 N–H and O–H groups in total. The maximum Gasteiger partial charge on any atom is 0.193 e. The van der Waals surface area contributed by atoms with Crippen LogP contribution in [0.4, 0.5) is 0 Å². The third-order valence-electron chi connectivity index (χ3n) is 3.46. The summed E-state index contributed by atoms with van der Waals surface area (Å²) in [6, 6.07) is 3.82. The van der Waals surface area contributed by atoms with Gasteiger partial charge in [0.05, 0.1) is 0 Å². The first-order chi connectivity index (χ1) is 10.7. The van der Waals surface area contributed by atoms with Gasteiger partial charge >= 0.3 is 0 Å². The molecule has 1 rings (SSSR count). The molecule has 0 aliphatic rings. The lowest BCUT2D eigenvalue weighted by molar-refractivity contribution is 0.455. The lowest BCUT2D eigenvalue weighted by Crippen LogP contribution is -2.40. The number of hydrogen-bond donors (Lipinski definition) is 1.